The maximum absolute atomic E-state index is 13.5. The molecule has 34 heavy (non-hydrogen) atoms. The van der Waals surface area contributed by atoms with Gasteiger partial charge in [0.05, 0.1) is 5.75 Å². The summed E-state index contributed by atoms with van der Waals surface area (Å²) in [6.07, 6.45) is 2.94. The van der Waals surface area contributed by atoms with Crippen molar-refractivity contribution in [1.29, 1.82) is 0 Å². The van der Waals surface area contributed by atoms with Gasteiger partial charge in [-0.05, 0) is 41.7 Å². The van der Waals surface area contributed by atoms with Crippen molar-refractivity contribution in [3.8, 4) is 0 Å². The number of sulfonamides is 1. The van der Waals surface area contributed by atoms with Gasteiger partial charge in [0.2, 0.25) is 10.0 Å². The third kappa shape index (κ3) is 4.25. The Bertz CT molecular complexity index is 1130. The number of carbonyl (C=O) groups is 1. The van der Waals surface area contributed by atoms with Gasteiger partial charge in [0.15, 0.2) is 0 Å². The summed E-state index contributed by atoms with van der Waals surface area (Å²) in [4.78, 5) is 15.4. The number of fused-ring (bicyclic) bond motifs is 2. The van der Waals surface area contributed by atoms with Crippen molar-refractivity contribution in [3.63, 3.8) is 0 Å². The van der Waals surface area contributed by atoms with Gasteiger partial charge in [-0.1, -0.05) is 74.5 Å². The van der Waals surface area contributed by atoms with Gasteiger partial charge in [-0.3, -0.25) is 9.69 Å². The van der Waals surface area contributed by atoms with Crippen LogP contribution in [0, 0.1) is 16.7 Å². The molecule has 0 unspecified atom stereocenters. The van der Waals surface area contributed by atoms with Crippen molar-refractivity contribution in [1.82, 2.24) is 9.62 Å². The largest absolute Gasteiger partial charge is 0.299 e. The van der Waals surface area contributed by atoms with Crippen LogP contribution in [0.1, 0.15) is 56.6 Å². The standard InChI is InChI=1S/C28H36N2O3S/c1-27(2)23-13-15-28(27,26(31)17-23)20-34(32,33)29-25-14-16-30(18-21-9-5-3-6-10-21)19-24(25)22-11-7-4-8-12-22/h3-12,23-25,29H,13-20H2,1-2H3/t23-,24+,25+,28-/m1/s1. The summed E-state index contributed by atoms with van der Waals surface area (Å²) < 4.78 is 30.2. The molecule has 5 nitrogen and oxygen atoms in total. The molecule has 2 bridgehead atoms. The molecule has 5 rings (SSSR count). The molecule has 6 heteroatoms. The second kappa shape index (κ2) is 8.89. The number of benzene rings is 2. The molecule has 2 aliphatic carbocycles. The summed E-state index contributed by atoms with van der Waals surface area (Å²) in [6.45, 7) is 6.68. The lowest BCUT2D eigenvalue weighted by atomic mass is 9.70. The molecule has 182 valence electrons. The molecule has 4 atom stereocenters. The highest BCUT2D eigenvalue weighted by Crippen LogP contribution is 2.64. The first-order chi connectivity index (χ1) is 16.2. The molecule has 0 amide bonds. The van der Waals surface area contributed by atoms with Crippen LogP contribution in [0.5, 0.6) is 0 Å². The lowest BCUT2D eigenvalue weighted by Crippen LogP contribution is -2.52. The fraction of sp³-hybridized carbons (Fsp3) is 0.536. The fourth-order valence-electron chi connectivity index (χ4n) is 6.89. The summed E-state index contributed by atoms with van der Waals surface area (Å²) in [5.74, 6) is 0.452. The Kier molecular flexibility index (Phi) is 6.20. The molecule has 2 saturated carbocycles. The zero-order chi connectivity index (χ0) is 24.0. The van der Waals surface area contributed by atoms with Crippen LogP contribution in [0.15, 0.2) is 60.7 Å². The molecular weight excluding hydrogens is 444 g/mol. The van der Waals surface area contributed by atoms with Gasteiger partial charge in [-0.25, -0.2) is 13.1 Å². The number of hydrogen-bond donors (Lipinski definition) is 1. The second-order valence-electron chi connectivity index (χ2n) is 11.2. The highest BCUT2D eigenvalue weighted by atomic mass is 32.2. The molecule has 3 fully saturated rings. The van der Waals surface area contributed by atoms with Gasteiger partial charge in [0.1, 0.15) is 5.78 Å². The Morgan fingerprint density at radius 2 is 1.68 bits per heavy atom. The zero-order valence-corrected chi connectivity index (χ0v) is 21.1. The van der Waals surface area contributed by atoms with E-state index in [1.54, 1.807) is 0 Å². The molecular formula is C28H36N2O3S. The second-order valence-corrected chi connectivity index (χ2v) is 12.9. The maximum Gasteiger partial charge on any atom is 0.212 e. The van der Waals surface area contributed by atoms with Gasteiger partial charge < -0.3 is 0 Å². The number of ketones is 1. The normalized spacial score (nSPS) is 31.1. The third-order valence-electron chi connectivity index (χ3n) is 9.08. The van der Waals surface area contributed by atoms with Crippen molar-refractivity contribution in [2.24, 2.45) is 16.7 Å². The number of carbonyl (C=O) groups excluding carboxylic acids is 1. The molecule has 0 radical (unpaired) electrons. The lowest BCUT2D eigenvalue weighted by Gasteiger charge is -2.40. The Morgan fingerprint density at radius 1 is 1.00 bits per heavy atom. The highest BCUT2D eigenvalue weighted by molar-refractivity contribution is 7.89. The molecule has 1 saturated heterocycles. The van der Waals surface area contributed by atoms with E-state index in [1.165, 1.54) is 5.56 Å². The van der Waals surface area contributed by atoms with E-state index in [-0.39, 0.29) is 28.9 Å². The van der Waals surface area contributed by atoms with Crippen molar-refractivity contribution < 1.29 is 13.2 Å². The molecule has 1 aliphatic heterocycles. The average Bonchev–Trinajstić information content (AvgIpc) is 3.15. The fourth-order valence-corrected chi connectivity index (χ4v) is 9.04. The summed E-state index contributed by atoms with van der Waals surface area (Å²) in [7, 11) is -3.62. The van der Waals surface area contributed by atoms with Crippen molar-refractivity contribution in [2.75, 3.05) is 18.8 Å². The summed E-state index contributed by atoms with van der Waals surface area (Å²) in [5.41, 5.74) is 1.44. The quantitative estimate of drug-likeness (QED) is 0.640. The van der Waals surface area contributed by atoms with E-state index in [2.05, 4.69) is 59.9 Å². The van der Waals surface area contributed by atoms with E-state index < -0.39 is 15.4 Å². The number of nitrogens with one attached hydrogen (secondary N) is 1. The molecule has 3 aliphatic rings. The molecule has 0 aromatic heterocycles. The Labute approximate surface area is 204 Å². The van der Waals surface area contributed by atoms with Gasteiger partial charge >= 0.3 is 0 Å². The van der Waals surface area contributed by atoms with E-state index in [0.717, 1.165) is 38.0 Å². The molecule has 1 N–H and O–H groups in total. The van der Waals surface area contributed by atoms with Gasteiger partial charge in [-0.15, -0.1) is 0 Å². The molecule has 2 aromatic carbocycles. The predicted molar refractivity (Wildman–Crippen MR) is 135 cm³/mol. The Morgan fingerprint density at radius 3 is 2.29 bits per heavy atom. The first kappa shape index (κ1) is 23.7. The van der Waals surface area contributed by atoms with Gasteiger partial charge in [0, 0.05) is 43.4 Å². The Hall–Kier alpha value is -2.02. The lowest BCUT2D eigenvalue weighted by molar-refractivity contribution is -0.128. The minimum atomic E-state index is -3.62. The SMILES string of the molecule is CC1(C)[C@@H]2CC[C@@]1(CS(=O)(=O)N[C@H]1CCN(Cc3ccccc3)C[C@H]1c1ccccc1)C(=O)C2. The van der Waals surface area contributed by atoms with Crippen molar-refractivity contribution in [2.45, 2.75) is 58.0 Å². The van der Waals surface area contributed by atoms with E-state index >= 15 is 0 Å². The first-order valence-corrected chi connectivity index (χ1v) is 14.2. The van der Waals surface area contributed by atoms with Crippen LogP contribution in [0.3, 0.4) is 0 Å². The van der Waals surface area contributed by atoms with E-state index in [4.69, 9.17) is 0 Å². The minimum absolute atomic E-state index is 0.0644. The Balaban J connectivity index is 1.35. The van der Waals surface area contributed by atoms with Crippen LogP contribution < -0.4 is 4.72 Å². The first-order valence-electron chi connectivity index (χ1n) is 12.5. The smallest absolute Gasteiger partial charge is 0.212 e. The van der Waals surface area contributed by atoms with Crippen LogP contribution in [0.2, 0.25) is 0 Å². The number of piperidine rings is 1. The van der Waals surface area contributed by atoms with E-state index in [0.29, 0.717) is 18.8 Å². The van der Waals surface area contributed by atoms with Crippen molar-refractivity contribution in [3.05, 3.63) is 71.8 Å². The highest BCUT2D eigenvalue weighted by Gasteiger charge is 2.65. The van der Waals surface area contributed by atoms with Crippen LogP contribution in [-0.2, 0) is 21.4 Å². The number of rotatable bonds is 7. The monoisotopic (exact) mass is 480 g/mol. The predicted octanol–water partition coefficient (Wildman–Crippen LogP) is 4.36. The van der Waals surface area contributed by atoms with Gasteiger partial charge in [0.25, 0.3) is 0 Å². The third-order valence-corrected chi connectivity index (χ3v) is 10.6. The summed E-state index contributed by atoms with van der Waals surface area (Å²) in [6, 6.07) is 20.5. The minimum Gasteiger partial charge on any atom is -0.299 e. The van der Waals surface area contributed by atoms with Crippen LogP contribution in [0.25, 0.3) is 0 Å². The topological polar surface area (TPSA) is 66.5 Å². The molecule has 2 aromatic rings. The average molecular weight is 481 g/mol. The summed E-state index contributed by atoms with van der Waals surface area (Å²) in [5, 5.41) is 0. The maximum atomic E-state index is 13.5. The number of hydrogen-bond acceptors (Lipinski definition) is 4. The zero-order valence-electron chi connectivity index (χ0n) is 20.2. The van der Waals surface area contributed by atoms with Gasteiger partial charge in [-0.2, -0.15) is 0 Å². The molecule has 0 spiro atoms. The number of likely N-dealkylation sites (tertiary alicyclic amines) is 1. The van der Waals surface area contributed by atoms with Crippen LogP contribution in [-0.4, -0.2) is 44.0 Å². The molecule has 1 heterocycles. The van der Waals surface area contributed by atoms with Crippen LogP contribution >= 0.6 is 0 Å². The summed E-state index contributed by atoms with van der Waals surface area (Å²) >= 11 is 0. The number of nitrogens with zero attached hydrogens (tertiary/aromatic N) is 1. The van der Waals surface area contributed by atoms with E-state index in [9.17, 15) is 13.2 Å². The van der Waals surface area contributed by atoms with E-state index in [1.807, 2.05) is 24.3 Å². The van der Waals surface area contributed by atoms with Crippen molar-refractivity contribution >= 4 is 15.8 Å². The van der Waals surface area contributed by atoms with Crippen LogP contribution in [0.4, 0.5) is 0 Å². The number of Topliss-reactive ketones (excluding diaryl/α,β-unsaturated/α-hetero) is 1.